The summed E-state index contributed by atoms with van der Waals surface area (Å²) >= 11 is 0. The number of carbonyl (C=O) groups excluding carboxylic acids is 1. The maximum absolute atomic E-state index is 11.8. The van der Waals surface area contributed by atoms with E-state index in [4.69, 9.17) is 4.74 Å². The number of carbonyl (C=O) groups is 1. The van der Waals surface area contributed by atoms with E-state index in [0.717, 1.165) is 12.0 Å². The second-order valence-electron chi connectivity index (χ2n) is 4.01. The van der Waals surface area contributed by atoms with Gasteiger partial charge in [-0.3, -0.25) is 4.79 Å². The zero-order valence-corrected chi connectivity index (χ0v) is 8.99. The second kappa shape index (κ2) is 3.89. The highest BCUT2D eigenvalue weighted by molar-refractivity contribution is 6.05. The van der Waals surface area contributed by atoms with E-state index in [2.05, 4.69) is 13.8 Å². The molecule has 1 atom stereocenters. The van der Waals surface area contributed by atoms with E-state index >= 15 is 0 Å². The van der Waals surface area contributed by atoms with Crippen molar-refractivity contribution in [1.82, 2.24) is 0 Å². The monoisotopic (exact) mass is 202 g/mol. The normalized spacial score (nSPS) is 29.6. The van der Waals surface area contributed by atoms with E-state index in [1.54, 1.807) is 24.5 Å². The minimum absolute atomic E-state index is 0.0601. The van der Waals surface area contributed by atoms with Gasteiger partial charge in [0.05, 0.1) is 6.26 Å². The summed E-state index contributed by atoms with van der Waals surface area (Å²) in [5.74, 6) is 1.19. The minimum atomic E-state index is 0.0601. The van der Waals surface area contributed by atoms with E-state index in [1.807, 2.05) is 6.08 Å². The Kier molecular flexibility index (Phi) is 2.58. The van der Waals surface area contributed by atoms with Crippen LogP contribution in [-0.4, -0.2) is 5.78 Å². The van der Waals surface area contributed by atoms with Gasteiger partial charge in [-0.1, -0.05) is 18.6 Å². The van der Waals surface area contributed by atoms with Crippen LogP contribution in [0.2, 0.25) is 0 Å². The van der Waals surface area contributed by atoms with Crippen LogP contribution >= 0.6 is 0 Å². The van der Waals surface area contributed by atoms with E-state index < -0.39 is 0 Å². The lowest BCUT2D eigenvalue weighted by atomic mass is 9.86. The van der Waals surface area contributed by atoms with Gasteiger partial charge in [-0.2, -0.15) is 0 Å². The average molecular weight is 202 g/mol. The first-order valence-corrected chi connectivity index (χ1v) is 5.14. The van der Waals surface area contributed by atoms with Gasteiger partial charge in [-0.15, -0.1) is 0 Å². The Morgan fingerprint density at radius 1 is 1.40 bits per heavy atom. The Bertz CT molecular complexity index is 408. The standard InChI is InChI=1S/C13H14O2/c1-9-7-11-12(14)5-3-4-6-15-13(11)8-10(9)2/h3-6,8-9H,7H2,1-2H3/b5-3-,6-4-. The molecule has 0 saturated heterocycles. The first kappa shape index (κ1) is 9.97. The van der Waals surface area contributed by atoms with Gasteiger partial charge in [-0.25, -0.2) is 0 Å². The van der Waals surface area contributed by atoms with Crippen molar-refractivity contribution < 1.29 is 9.53 Å². The van der Waals surface area contributed by atoms with Gasteiger partial charge >= 0.3 is 0 Å². The Morgan fingerprint density at radius 3 is 3.00 bits per heavy atom. The third kappa shape index (κ3) is 1.94. The molecule has 0 saturated carbocycles. The fourth-order valence-corrected chi connectivity index (χ4v) is 1.73. The summed E-state index contributed by atoms with van der Waals surface area (Å²) in [7, 11) is 0. The molecule has 0 aromatic rings. The van der Waals surface area contributed by atoms with Gasteiger partial charge in [-0.05, 0) is 37.5 Å². The first-order chi connectivity index (χ1) is 7.18. The molecule has 2 heteroatoms. The third-order valence-corrected chi connectivity index (χ3v) is 2.87. The third-order valence-electron chi connectivity index (χ3n) is 2.87. The van der Waals surface area contributed by atoms with Crippen LogP contribution in [0.3, 0.4) is 0 Å². The van der Waals surface area contributed by atoms with Crippen molar-refractivity contribution in [3.05, 3.63) is 47.5 Å². The largest absolute Gasteiger partial charge is 0.465 e. The maximum Gasteiger partial charge on any atom is 0.185 e. The van der Waals surface area contributed by atoms with Crippen molar-refractivity contribution >= 4 is 5.78 Å². The zero-order chi connectivity index (χ0) is 10.8. The van der Waals surface area contributed by atoms with Crippen molar-refractivity contribution in [2.75, 3.05) is 0 Å². The van der Waals surface area contributed by atoms with Crippen LogP contribution in [0.15, 0.2) is 47.5 Å². The van der Waals surface area contributed by atoms with Crippen LogP contribution in [0, 0.1) is 5.92 Å². The van der Waals surface area contributed by atoms with E-state index in [-0.39, 0.29) is 5.78 Å². The Balaban J connectivity index is 2.43. The number of hydrogen-bond acceptors (Lipinski definition) is 2. The van der Waals surface area contributed by atoms with Crippen molar-refractivity contribution in [1.29, 1.82) is 0 Å². The van der Waals surface area contributed by atoms with Gasteiger partial charge in [0.2, 0.25) is 0 Å². The highest BCUT2D eigenvalue weighted by atomic mass is 16.5. The summed E-state index contributed by atoms with van der Waals surface area (Å²) in [4.78, 5) is 11.8. The van der Waals surface area contributed by atoms with Crippen LogP contribution < -0.4 is 0 Å². The van der Waals surface area contributed by atoms with Gasteiger partial charge in [0.1, 0.15) is 5.76 Å². The first-order valence-electron chi connectivity index (χ1n) is 5.14. The molecule has 0 N–H and O–H groups in total. The molecule has 1 unspecified atom stereocenters. The van der Waals surface area contributed by atoms with Crippen LogP contribution in [0.5, 0.6) is 0 Å². The van der Waals surface area contributed by atoms with Gasteiger partial charge in [0, 0.05) is 5.57 Å². The van der Waals surface area contributed by atoms with Crippen LogP contribution in [0.4, 0.5) is 0 Å². The maximum atomic E-state index is 11.8. The molecule has 0 fully saturated rings. The molecule has 0 bridgehead atoms. The molecular formula is C13H14O2. The smallest absolute Gasteiger partial charge is 0.185 e. The lowest BCUT2D eigenvalue weighted by molar-refractivity contribution is -0.111. The quantitative estimate of drug-likeness (QED) is 0.603. The SMILES string of the molecule is CC1=CC2=C(CC1C)C(=O)/C=C\C=C/O2. The molecule has 2 nitrogen and oxygen atoms in total. The summed E-state index contributed by atoms with van der Waals surface area (Å²) in [5.41, 5.74) is 2.05. The molecule has 78 valence electrons. The Labute approximate surface area is 89.6 Å². The number of allylic oxidation sites excluding steroid dienone is 6. The molecule has 0 radical (unpaired) electrons. The summed E-state index contributed by atoms with van der Waals surface area (Å²) in [6.07, 6.45) is 9.37. The number of rotatable bonds is 0. The second-order valence-corrected chi connectivity index (χ2v) is 4.01. The van der Waals surface area contributed by atoms with Crippen molar-refractivity contribution in [3.8, 4) is 0 Å². The van der Waals surface area contributed by atoms with E-state index in [1.165, 1.54) is 5.57 Å². The predicted molar refractivity (Wildman–Crippen MR) is 58.9 cm³/mol. The molecule has 2 rings (SSSR count). The molecule has 2 aliphatic rings. The van der Waals surface area contributed by atoms with Crippen LogP contribution in [0.1, 0.15) is 20.3 Å². The van der Waals surface area contributed by atoms with Crippen molar-refractivity contribution in [3.63, 3.8) is 0 Å². The number of ether oxygens (including phenoxy) is 1. The molecule has 0 amide bonds. The Morgan fingerprint density at radius 2 is 2.20 bits per heavy atom. The lowest BCUT2D eigenvalue weighted by Gasteiger charge is -2.22. The van der Waals surface area contributed by atoms with Crippen LogP contribution in [0.25, 0.3) is 0 Å². The number of hydrogen-bond donors (Lipinski definition) is 0. The molecule has 1 aliphatic heterocycles. The highest BCUT2D eigenvalue weighted by Gasteiger charge is 2.22. The fraction of sp³-hybridized carbons (Fsp3) is 0.308. The van der Waals surface area contributed by atoms with Crippen LogP contribution in [-0.2, 0) is 9.53 Å². The van der Waals surface area contributed by atoms with E-state index in [9.17, 15) is 4.79 Å². The molecule has 0 aromatic carbocycles. The summed E-state index contributed by atoms with van der Waals surface area (Å²) < 4.78 is 5.43. The average Bonchev–Trinajstić information content (AvgIpc) is 2.19. The van der Waals surface area contributed by atoms with Gasteiger partial charge < -0.3 is 4.74 Å². The zero-order valence-electron chi connectivity index (χ0n) is 8.99. The fourth-order valence-electron chi connectivity index (χ4n) is 1.73. The molecule has 0 spiro atoms. The topological polar surface area (TPSA) is 26.3 Å². The van der Waals surface area contributed by atoms with Gasteiger partial charge in [0.15, 0.2) is 5.78 Å². The van der Waals surface area contributed by atoms with Gasteiger partial charge in [0.25, 0.3) is 0 Å². The molecule has 0 aromatic heterocycles. The molecule has 1 heterocycles. The molecule has 15 heavy (non-hydrogen) atoms. The highest BCUT2D eigenvalue weighted by Crippen LogP contribution is 2.30. The minimum Gasteiger partial charge on any atom is -0.465 e. The van der Waals surface area contributed by atoms with Crippen molar-refractivity contribution in [2.24, 2.45) is 5.92 Å². The lowest BCUT2D eigenvalue weighted by Crippen LogP contribution is -2.14. The molecule has 1 aliphatic carbocycles. The Hall–Kier alpha value is -1.57. The number of ketones is 1. The summed E-state index contributed by atoms with van der Waals surface area (Å²) in [5, 5.41) is 0. The van der Waals surface area contributed by atoms with Crippen molar-refractivity contribution in [2.45, 2.75) is 20.3 Å². The van der Waals surface area contributed by atoms with E-state index in [0.29, 0.717) is 11.7 Å². The summed E-state index contributed by atoms with van der Waals surface area (Å²) in [6, 6.07) is 0. The molecular weight excluding hydrogens is 188 g/mol. The summed E-state index contributed by atoms with van der Waals surface area (Å²) in [6.45, 7) is 4.20. The predicted octanol–water partition coefficient (Wildman–Crippen LogP) is 2.90.